The molecule has 1 atom stereocenters. The van der Waals surface area contributed by atoms with Crippen molar-refractivity contribution in [3.8, 4) is 0 Å². The Hall–Kier alpha value is -2.27. The average Bonchev–Trinajstić information content (AvgIpc) is 2.90. The molecule has 0 aliphatic carbocycles. The maximum absolute atomic E-state index is 4.50. The molecule has 0 radical (unpaired) electrons. The molecular weight excluding hydrogens is 262 g/mol. The number of hydrogen-bond donors (Lipinski definition) is 1. The summed E-state index contributed by atoms with van der Waals surface area (Å²) in [5, 5.41) is 11.9. The number of aromatic nitrogens is 4. The highest BCUT2D eigenvalue weighted by molar-refractivity contribution is 5.44. The fourth-order valence-corrected chi connectivity index (χ4v) is 2.57. The van der Waals surface area contributed by atoms with E-state index in [4.69, 9.17) is 0 Å². The quantitative estimate of drug-likeness (QED) is 0.780. The molecule has 0 aliphatic rings. The zero-order valence-corrected chi connectivity index (χ0v) is 12.3. The maximum atomic E-state index is 4.50. The number of benzene rings is 1. The lowest BCUT2D eigenvalue weighted by atomic mass is 10.0. The molecule has 5 heteroatoms. The van der Waals surface area contributed by atoms with E-state index in [1.165, 1.54) is 5.56 Å². The van der Waals surface area contributed by atoms with Crippen LogP contribution in [0.2, 0.25) is 0 Å². The molecule has 3 rings (SSSR count). The van der Waals surface area contributed by atoms with Crippen molar-refractivity contribution in [1.29, 1.82) is 0 Å². The zero-order chi connectivity index (χ0) is 14.7. The first-order valence-corrected chi connectivity index (χ1v) is 7.23. The van der Waals surface area contributed by atoms with Crippen LogP contribution in [0.1, 0.15) is 30.0 Å². The largest absolute Gasteiger partial charge is 0.310 e. The van der Waals surface area contributed by atoms with Gasteiger partial charge in [-0.25, -0.2) is 0 Å². The summed E-state index contributed by atoms with van der Waals surface area (Å²) in [6, 6.07) is 10.7. The summed E-state index contributed by atoms with van der Waals surface area (Å²) in [5.74, 6) is 0.883. The topological polar surface area (TPSA) is 55.1 Å². The van der Waals surface area contributed by atoms with Crippen LogP contribution in [-0.4, -0.2) is 26.1 Å². The highest BCUT2D eigenvalue weighted by Gasteiger charge is 2.15. The Morgan fingerprint density at radius 3 is 2.76 bits per heavy atom. The Kier molecular flexibility index (Phi) is 3.92. The van der Waals surface area contributed by atoms with Gasteiger partial charge in [0.05, 0.1) is 5.69 Å². The van der Waals surface area contributed by atoms with E-state index in [0.717, 1.165) is 30.1 Å². The molecule has 0 saturated heterocycles. The fraction of sp³-hybridized carbons (Fsp3) is 0.312. The number of aryl methyl sites for hydroxylation is 1. The van der Waals surface area contributed by atoms with Crippen molar-refractivity contribution >= 4 is 5.65 Å². The standard InChI is InChI=1S/C16H19N5/c1-3-17-14(13-7-5-4-6-8-13)11-15-16-20-19-12(2)21(16)10-9-18-15/h4-10,14,17H,3,11H2,1-2H3. The monoisotopic (exact) mass is 281 g/mol. The maximum Gasteiger partial charge on any atom is 0.182 e. The summed E-state index contributed by atoms with van der Waals surface area (Å²) in [6.45, 7) is 4.97. The second-order valence-electron chi connectivity index (χ2n) is 5.04. The molecular formula is C16H19N5. The average molecular weight is 281 g/mol. The molecule has 3 aromatic rings. The van der Waals surface area contributed by atoms with Gasteiger partial charge in [-0.15, -0.1) is 10.2 Å². The zero-order valence-electron chi connectivity index (χ0n) is 12.3. The number of rotatable bonds is 5. The molecule has 5 nitrogen and oxygen atoms in total. The Balaban J connectivity index is 1.95. The van der Waals surface area contributed by atoms with Gasteiger partial charge in [-0.3, -0.25) is 9.38 Å². The van der Waals surface area contributed by atoms with E-state index in [1.54, 1.807) is 0 Å². The number of nitrogens with zero attached hydrogens (tertiary/aromatic N) is 4. The molecule has 0 amide bonds. The van der Waals surface area contributed by atoms with Crippen LogP contribution in [-0.2, 0) is 6.42 Å². The molecule has 108 valence electrons. The van der Waals surface area contributed by atoms with Gasteiger partial charge in [-0.05, 0) is 19.0 Å². The first-order chi connectivity index (χ1) is 10.3. The molecule has 0 aliphatic heterocycles. The molecule has 1 N–H and O–H groups in total. The first kappa shape index (κ1) is 13.7. The van der Waals surface area contributed by atoms with E-state index in [-0.39, 0.29) is 6.04 Å². The summed E-state index contributed by atoms with van der Waals surface area (Å²) >= 11 is 0. The van der Waals surface area contributed by atoms with Crippen LogP contribution in [0.3, 0.4) is 0 Å². The van der Waals surface area contributed by atoms with Crippen LogP contribution in [0.5, 0.6) is 0 Å². The minimum Gasteiger partial charge on any atom is -0.310 e. The number of likely N-dealkylation sites (N-methyl/N-ethyl adjacent to an activating group) is 1. The van der Waals surface area contributed by atoms with Gasteiger partial charge in [0.25, 0.3) is 0 Å². The van der Waals surface area contributed by atoms with Gasteiger partial charge in [0.1, 0.15) is 5.82 Å². The van der Waals surface area contributed by atoms with E-state index < -0.39 is 0 Å². The van der Waals surface area contributed by atoms with E-state index in [2.05, 4.69) is 51.7 Å². The Labute approximate surface area is 124 Å². The fourth-order valence-electron chi connectivity index (χ4n) is 2.57. The summed E-state index contributed by atoms with van der Waals surface area (Å²) in [5.41, 5.74) is 3.07. The molecule has 2 aromatic heterocycles. The third-order valence-electron chi connectivity index (χ3n) is 3.62. The van der Waals surface area contributed by atoms with Crippen molar-refractivity contribution in [3.05, 3.63) is 59.8 Å². The highest BCUT2D eigenvalue weighted by atomic mass is 15.2. The molecule has 2 heterocycles. The van der Waals surface area contributed by atoms with Crippen LogP contribution in [0.4, 0.5) is 0 Å². The summed E-state index contributed by atoms with van der Waals surface area (Å²) in [7, 11) is 0. The minimum atomic E-state index is 0.229. The van der Waals surface area contributed by atoms with Gasteiger partial charge in [0.15, 0.2) is 5.65 Å². The molecule has 0 spiro atoms. The van der Waals surface area contributed by atoms with E-state index in [9.17, 15) is 0 Å². The van der Waals surface area contributed by atoms with Gasteiger partial charge in [-0.2, -0.15) is 0 Å². The van der Waals surface area contributed by atoms with E-state index in [0.29, 0.717) is 0 Å². The van der Waals surface area contributed by atoms with Gasteiger partial charge >= 0.3 is 0 Å². The third kappa shape index (κ3) is 2.78. The third-order valence-corrected chi connectivity index (χ3v) is 3.62. The number of hydrogen-bond acceptors (Lipinski definition) is 4. The second-order valence-corrected chi connectivity index (χ2v) is 5.04. The number of nitrogens with one attached hydrogen (secondary N) is 1. The predicted octanol–water partition coefficient (Wildman–Crippen LogP) is 2.33. The first-order valence-electron chi connectivity index (χ1n) is 7.23. The van der Waals surface area contributed by atoms with Crippen molar-refractivity contribution in [1.82, 2.24) is 24.9 Å². The lowest BCUT2D eigenvalue weighted by molar-refractivity contribution is 0.544. The Bertz CT molecular complexity index is 720. The van der Waals surface area contributed by atoms with Crippen LogP contribution < -0.4 is 5.32 Å². The summed E-state index contributed by atoms with van der Waals surface area (Å²) in [4.78, 5) is 4.50. The van der Waals surface area contributed by atoms with E-state index in [1.807, 2.05) is 29.8 Å². The lowest BCUT2D eigenvalue weighted by Gasteiger charge is -2.18. The van der Waals surface area contributed by atoms with Crippen LogP contribution in [0, 0.1) is 6.92 Å². The van der Waals surface area contributed by atoms with Crippen molar-refractivity contribution in [2.75, 3.05) is 6.54 Å². The van der Waals surface area contributed by atoms with Crippen molar-refractivity contribution in [2.24, 2.45) is 0 Å². The molecule has 0 fully saturated rings. The van der Waals surface area contributed by atoms with Crippen molar-refractivity contribution in [3.63, 3.8) is 0 Å². The van der Waals surface area contributed by atoms with Crippen LogP contribution in [0.15, 0.2) is 42.7 Å². The van der Waals surface area contributed by atoms with Gasteiger partial charge in [0, 0.05) is 24.9 Å². The minimum absolute atomic E-state index is 0.229. The normalized spacial score (nSPS) is 12.7. The van der Waals surface area contributed by atoms with Crippen LogP contribution >= 0.6 is 0 Å². The van der Waals surface area contributed by atoms with Crippen molar-refractivity contribution in [2.45, 2.75) is 26.3 Å². The molecule has 21 heavy (non-hydrogen) atoms. The molecule has 0 bridgehead atoms. The summed E-state index contributed by atoms with van der Waals surface area (Å²) in [6.07, 6.45) is 4.51. The van der Waals surface area contributed by atoms with Gasteiger partial charge in [0.2, 0.25) is 0 Å². The Morgan fingerprint density at radius 1 is 1.19 bits per heavy atom. The molecule has 1 aromatic carbocycles. The SMILES string of the molecule is CCNC(Cc1nccn2c(C)nnc12)c1ccccc1. The smallest absolute Gasteiger partial charge is 0.182 e. The Morgan fingerprint density at radius 2 is 2.00 bits per heavy atom. The summed E-state index contributed by atoms with van der Waals surface area (Å²) < 4.78 is 1.98. The molecule has 1 unspecified atom stereocenters. The van der Waals surface area contributed by atoms with Crippen molar-refractivity contribution < 1.29 is 0 Å². The van der Waals surface area contributed by atoms with Gasteiger partial charge < -0.3 is 5.32 Å². The number of fused-ring (bicyclic) bond motifs is 1. The van der Waals surface area contributed by atoms with Gasteiger partial charge in [-0.1, -0.05) is 37.3 Å². The second kappa shape index (κ2) is 6.01. The molecule has 0 saturated carbocycles. The van der Waals surface area contributed by atoms with Crippen LogP contribution in [0.25, 0.3) is 5.65 Å². The lowest BCUT2D eigenvalue weighted by Crippen LogP contribution is -2.23. The highest BCUT2D eigenvalue weighted by Crippen LogP contribution is 2.19. The van der Waals surface area contributed by atoms with E-state index >= 15 is 0 Å². The predicted molar refractivity (Wildman–Crippen MR) is 82.1 cm³/mol.